The first-order valence-electron chi connectivity index (χ1n) is 5.08. The van der Waals surface area contributed by atoms with Crippen LogP contribution in [0.2, 0.25) is 0 Å². The molecule has 2 aliphatic rings. The van der Waals surface area contributed by atoms with E-state index in [-0.39, 0.29) is 5.41 Å². The van der Waals surface area contributed by atoms with Crippen LogP contribution in [0.15, 0.2) is 0 Å². The van der Waals surface area contributed by atoms with E-state index in [9.17, 15) is 4.79 Å². The normalized spacial score (nSPS) is 29.2. The number of ketones is 1. The van der Waals surface area contributed by atoms with Crippen LogP contribution in [0.3, 0.4) is 0 Å². The number of rotatable bonds is 3. The molecule has 2 saturated carbocycles. The van der Waals surface area contributed by atoms with Gasteiger partial charge in [0.2, 0.25) is 0 Å². The highest BCUT2D eigenvalue weighted by molar-refractivity contribution is 5.87. The summed E-state index contributed by atoms with van der Waals surface area (Å²) in [6.07, 6.45) is 7.01. The Morgan fingerprint density at radius 3 is 2.08 bits per heavy atom. The zero-order valence-electron chi connectivity index (χ0n) is 8.15. The van der Waals surface area contributed by atoms with Crippen LogP contribution in [0.4, 0.5) is 0 Å². The zero-order chi connectivity index (χ0) is 8.82. The third-order valence-corrected chi connectivity index (χ3v) is 3.82. The third kappa shape index (κ3) is 1.30. The molecule has 2 fully saturated rings. The fourth-order valence-electron chi connectivity index (χ4n) is 2.02. The molecule has 0 heterocycles. The summed E-state index contributed by atoms with van der Waals surface area (Å²) in [7, 11) is 0. The molecule has 1 nitrogen and oxygen atoms in total. The van der Waals surface area contributed by atoms with Gasteiger partial charge in [-0.05, 0) is 31.1 Å². The maximum atomic E-state index is 11.7. The maximum Gasteiger partial charge on any atom is 0.139 e. The van der Waals surface area contributed by atoms with Gasteiger partial charge in [-0.1, -0.05) is 20.3 Å². The van der Waals surface area contributed by atoms with E-state index in [0.29, 0.717) is 11.2 Å². The lowest BCUT2D eigenvalue weighted by atomic mass is 9.66. The van der Waals surface area contributed by atoms with Crippen LogP contribution in [0.1, 0.15) is 52.4 Å². The first kappa shape index (κ1) is 8.28. The second-order valence-corrected chi connectivity index (χ2v) is 5.32. The van der Waals surface area contributed by atoms with E-state index < -0.39 is 0 Å². The van der Waals surface area contributed by atoms with Crippen molar-refractivity contribution in [2.75, 3.05) is 0 Å². The lowest BCUT2D eigenvalue weighted by Crippen LogP contribution is -2.30. The molecule has 0 N–H and O–H groups in total. The third-order valence-electron chi connectivity index (χ3n) is 3.82. The van der Waals surface area contributed by atoms with Gasteiger partial charge in [0.25, 0.3) is 0 Å². The van der Waals surface area contributed by atoms with E-state index in [1.54, 1.807) is 0 Å². The van der Waals surface area contributed by atoms with Crippen molar-refractivity contribution >= 4 is 5.78 Å². The molecule has 0 amide bonds. The SMILES string of the molecule is CC1(CC(=O)C2(C)CC2)CCC1. The van der Waals surface area contributed by atoms with Crippen LogP contribution < -0.4 is 0 Å². The number of Topliss-reactive ketones (excluding diaryl/α,β-unsaturated/α-hetero) is 1. The molecule has 2 rings (SSSR count). The molecular formula is C11H18O. The minimum atomic E-state index is 0.110. The number of carbonyl (C=O) groups excluding carboxylic acids is 1. The smallest absolute Gasteiger partial charge is 0.139 e. The first-order valence-corrected chi connectivity index (χ1v) is 5.08. The van der Waals surface area contributed by atoms with Gasteiger partial charge in [-0.2, -0.15) is 0 Å². The highest BCUT2D eigenvalue weighted by Gasteiger charge is 2.47. The molecule has 0 aromatic carbocycles. The highest BCUT2D eigenvalue weighted by Crippen LogP contribution is 2.51. The fraction of sp³-hybridized carbons (Fsp3) is 0.909. The molecule has 0 aromatic rings. The van der Waals surface area contributed by atoms with Crippen molar-refractivity contribution in [3.8, 4) is 0 Å². The molecule has 0 bridgehead atoms. The molecule has 0 spiro atoms. The predicted molar refractivity (Wildman–Crippen MR) is 48.9 cm³/mol. The van der Waals surface area contributed by atoms with Crippen molar-refractivity contribution in [3.05, 3.63) is 0 Å². The topological polar surface area (TPSA) is 17.1 Å². The van der Waals surface area contributed by atoms with Crippen molar-refractivity contribution in [2.45, 2.75) is 52.4 Å². The minimum absolute atomic E-state index is 0.110. The van der Waals surface area contributed by atoms with Crippen LogP contribution in [0.5, 0.6) is 0 Å². The van der Waals surface area contributed by atoms with E-state index in [4.69, 9.17) is 0 Å². The molecule has 2 aliphatic carbocycles. The van der Waals surface area contributed by atoms with Crippen LogP contribution in [-0.2, 0) is 4.79 Å². The highest BCUT2D eigenvalue weighted by atomic mass is 16.1. The van der Waals surface area contributed by atoms with E-state index in [1.807, 2.05) is 0 Å². The van der Waals surface area contributed by atoms with Crippen LogP contribution >= 0.6 is 0 Å². The number of hydrogen-bond acceptors (Lipinski definition) is 1. The van der Waals surface area contributed by atoms with Crippen molar-refractivity contribution in [3.63, 3.8) is 0 Å². The molecule has 0 aliphatic heterocycles. The van der Waals surface area contributed by atoms with Crippen molar-refractivity contribution in [1.82, 2.24) is 0 Å². The van der Waals surface area contributed by atoms with Gasteiger partial charge >= 0.3 is 0 Å². The molecule has 1 heteroatoms. The molecule has 68 valence electrons. The predicted octanol–water partition coefficient (Wildman–Crippen LogP) is 2.94. The van der Waals surface area contributed by atoms with Gasteiger partial charge in [0.1, 0.15) is 5.78 Å². The first-order chi connectivity index (χ1) is 5.54. The van der Waals surface area contributed by atoms with Gasteiger partial charge in [-0.15, -0.1) is 0 Å². The Bertz CT molecular complexity index is 209. The van der Waals surface area contributed by atoms with E-state index in [1.165, 1.54) is 19.3 Å². The largest absolute Gasteiger partial charge is 0.299 e. The van der Waals surface area contributed by atoms with Gasteiger partial charge in [0, 0.05) is 11.8 Å². The molecule has 0 unspecified atom stereocenters. The summed E-state index contributed by atoms with van der Waals surface area (Å²) in [6.45, 7) is 4.39. The minimum Gasteiger partial charge on any atom is -0.299 e. The average molecular weight is 166 g/mol. The summed E-state index contributed by atoms with van der Waals surface area (Å²) < 4.78 is 0. The van der Waals surface area contributed by atoms with E-state index in [2.05, 4.69) is 13.8 Å². The Labute approximate surface area is 74.5 Å². The van der Waals surface area contributed by atoms with Crippen LogP contribution in [0.25, 0.3) is 0 Å². The quantitative estimate of drug-likeness (QED) is 0.630. The summed E-state index contributed by atoms with van der Waals surface area (Å²) in [5.74, 6) is 0.532. The van der Waals surface area contributed by atoms with E-state index >= 15 is 0 Å². The number of hydrogen-bond donors (Lipinski definition) is 0. The number of carbonyl (C=O) groups is 1. The second kappa shape index (κ2) is 2.34. The molecular weight excluding hydrogens is 148 g/mol. The van der Waals surface area contributed by atoms with Gasteiger partial charge in [-0.25, -0.2) is 0 Å². The van der Waals surface area contributed by atoms with Gasteiger partial charge in [0.15, 0.2) is 0 Å². The molecule has 12 heavy (non-hydrogen) atoms. The van der Waals surface area contributed by atoms with Crippen molar-refractivity contribution in [1.29, 1.82) is 0 Å². The van der Waals surface area contributed by atoms with Gasteiger partial charge in [0.05, 0.1) is 0 Å². The summed E-state index contributed by atoms with van der Waals surface area (Å²) in [4.78, 5) is 11.7. The fourth-order valence-corrected chi connectivity index (χ4v) is 2.02. The Morgan fingerprint density at radius 1 is 1.17 bits per heavy atom. The van der Waals surface area contributed by atoms with E-state index in [0.717, 1.165) is 19.3 Å². The average Bonchev–Trinajstić information content (AvgIpc) is 2.66. The summed E-state index contributed by atoms with van der Waals surface area (Å²) in [5.41, 5.74) is 0.501. The molecule has 0 atom stereocenters. The Kier molecular flexibility index (Phi) is 1.61. The monoisotopic (exact) mass is 166 g/mol. The van der Waals surface area contributed by atoms with Gasteiger partial charge in [-0.3, -0.25) is 4.79 Å². The lowest BCUT2D eigenvalue weighted by molar-refractivity contribution is -0.127. The molecule has 0 aromatic heterocycles. The van der Waals surface area contributed by atoms with Crippen molar-refractivity contribution < 1.29 is 4.79 Å². The lowest BCUT2D eigenvalue weighted by Gasteiger charge is -2.38. The Balaban J connectivity index is 1.90. The molecule has 0 radical (unpaired) electrons. The maximum absolute atomic E-state index is 11.7. The zero-order valence-corrected chi connectivity index (χ0v) is 8.15. The van der Waals surface area contributed by atoms with Crippen molar-refractivity contribution in [2.24, 2.45) is 10.8 Å². The second-order valence-electron chi connectivity index (χ2n) is 5.32. The van der Waals surface area contributed by atoms with Gasteiger partial charge < -0.3 is 0 Å². The summed E-state index contributed by atoms with van der Waals surface area (Å²) >= 11 is 0. The standard InChI is InChI=1S/C11H18O/c1-10(4-3-5-10)8-9(12)11(2)6-7-11/h3-8H2,1-2H3. The summed E-state index contributed by atoms with van der Waals surface area (Å²) in [6, 6.07) is 0. The Morgan fingerprint density at radius 2 is 1.75 bits per heavy atom. The van der Waals surface area contributed by atoms with Crippen LogP contribution in [-0.4, -0.2) is 5.78 Å². The molecule has 0 saturated heterocycles. The van der Waals surface area contributed by atoms with Crippen LogP contribution in [0, 0.1) is 10.8 Å². The summed E-state index contributed by atoms with van der Waals surface area (Å²) in [5, 5.41) is 0. The Hall–Kier alpha value is -0.330.